The Kier molecular flexibility index (Phi) is 4.75. The van der Waals surface area contributed by atoms with Crippen molar-refractivity contribution in [3.05, 3.63) is 54.9 Å². The quantitative estimate of drug-likeness (QED) is 0.483. The van der Waals surface area contributed by atoms with Crippen molar-refractivity contribution in [1.82, 2.24) is 19.9 Å². The molecule has 1 aliphatic rings. The van der Waals surface area contributed by atoms with Crippen LogP contribution < -0.4 is 15.1 Å². The van der Waals surface area contributed by atoms with Crippen molar-refractivity contribution in [2.75, 3.05) is 41.3 Å². The first kappa shape index (κ1) is 18.5. The van der Waals surface area contributed by atoms with Crippen LogP contribution in [0.4, 0.5) is 26.8 Å². The van der Waals surface area contributed by atoms with E-state index in [4.69, 9.17) is 0 Å². The van der Waals surface area contributed by atoms with E-state index in [9.17, 15) is 9.50 Å². The van der Waals surface area contributed by atoms with Crippen LogP contribution in [0.1, 0.15) is 0 Å². The normalized spacial score (nSPS) is 14.3. The van der Waals surface area contributed by atoms with E-state index in [1.165, 1.54) is 42.2 Å². The maximum absolute atomic E-state index is 13.5. The number of hydrogen-bond acceptors (Lipinski definition) is 9. The van der Waals surface area contributed by atoms with E-state index < -0.39 is 5.82 Å². The number of phenols is 1. The predicted molar refractivity (Wildman–Crippen MR) is 115 cm³/mol. The number of hydrogen-bond donors (Lipinski definition) is 2. The molecule has 2 aromatic carbocycles. The minimum atomic E-state index is -0.421. The van der Waals surface area contributed by atoms with Gasteiger partial charge in [0.1, 0.15) is 24.2 Å². The van der Waals surface area contributed by atoms with Crippen LogP contribution in [0.15, 0.2) is 49.1 Å². The lowest BCUT2D eigenvalue weighted by molar-refractivity contribution is 0.475. The summed E-state index contributed by atoms with van der Waals surface area (Å²) in [6.45, 7) is 3.35. The Labute approximate surface area is 175 Å². The molecule has 1 fully saturated rings. The molecule has 0 amide bonds. The number of aromatic hydroxyl groups is 1. The molecule has 1 saturated heterocycles. The first-order valence-electron chi connectivity index (χ1n) is 9.44. The van der Waals surface area contributed by atoms with Gasteiger partial charge in [-0.25, -0.2) is 24.3 Å². The number of halogens is 1. The van der Waals surface area contributed by atoms with Crippen LogP contribution in [0, 0.1) is 5.82 Å². The Morgan fingerprint density at radius 3 is 2.53 bits per heavy atom. The Morgan fingerprint density at radius 1 is 0.967 bits per heavy atom. The average molecular weight is 423 g/mol. The number of anilines is 4. The van der Waals surface area contributed by atoms with Crippen molar-refractivity contribution in [2.45, 2.75) is 0 Å². The van der Waals surface area contributed by atoms with E-state index in [2.05, 4.69) is 47.2 Å². The third-order valence-electron chi connectivity index (χ3n) is 4.98. The molecular weight excluding hydrogens is 405 g/mol. The smallest absolute Gasteiger partial charge is 0.228 e. The molecule has 0 aliphatic carbocycles. The van der Waals surface area contributed by atoms with Crippen molar-refractivity contribution in [2.24, 2.45) is 0 Å². The molecule has 1 aliphatic heterocycles. The highest BCUT2D eigenvalue weighted by molar-refractivity contribution is 7.22. The maximum Gasteiger partial charge on any atom is 0.228 e. The number of phenolic OH excluding ortho intramolecular Hbond substituents is 1. The Balaban J connectivity index is 1.31. The number of piperazine rings is 1. The van der Waals surface area contributed by atoms with Gasteiger partial charge in [0.2, 0.25) is 5.95 Å². The van der Waals surface area contributed by atoms with Crippen molar-refractivity contribution >= 4 is 44.0 Å². The van der Waals surface area contributed by atoms with Crippen molar-refractivity contribution in [1.29, 1.82) is 0 Å². The number of thiazole rings is 1. The van der Waals surface area contributed by atoms with Crippen molar-refractivity contribution in [3.63, 3.8) is 0 Å². The first-order chi connectivity index (χ1) is 14.7. The van der Waals surface area contributed by atoms with Gasteiger partial charge in [-0.2, -0.15) is 0 Å². The van der Waals surface area contributed by atoms with E-state index in [0.29, 0.717) is 16.8 Å². The molecule has 0 saturated carbocycles. The van der Waals surface area contributed by atoms with Crippen LogP contribution in [0.25, 0.3) is 10.2 Å². The number of fused-ring (bicyclic) bond motifs is 1. The number of aromatic nitrogens is 4. The van der Waals surface area contributed by atoms with Crippen LogP contribution in [0.5, 0.6) is 5.75 Å². The molecule has 0 unspecified atom stereocenters. The van der Waals surface area contributed by atoms with Gasteiger partial charge in [0.15, 0.2) is 5.13 Å². The zero-order valence-electron chi connectivity index (χ0n) is 15.9. The Hall–Kier alpha value is -3.53. The summed E-state index contributed by atoms with van der Waals surface area (Å²) in [5.74, 6) is 0.262. The molecule has 0 radical (unpaired) electrons. The van der Waals surface area contributed by atoms with Gasteiger partial charge in [0.25, 0.3) is 0 Å². The van der Waals surface area contributed by atoms with Gasteiger partial charge in [0, 0.05) is 37.9 Å². The standard InChI is InChI=1S/C20H18FN7OS/c21-13-1-3-17(29)15(9-13)25-20-26-16-10-14(2-4-18(16)30-20)27-5-7-28(8-6-27)19-23-11-22-12-24-19/h1-4,9-12,29H,5-8H2,(H,25,26). The summed E-state index contributed by atoms with van der Waals surface area (Å²) < 4.78 is 14.5. The van der Waals surface area contributed by atoms with Crippen LogP contribution in [0.3, 0.4) is 0 Å². The second kappa shape index (κ2) is 7.71. The zero-order chi connectivity index (χ0) is 20.5. The lowest BCUT2D eigenvalue weighted by Gasteiger charge is -2.35. The molecule has 8 nitrogen and oxygen atoms in total. The van der Waals surface area contributed by atoms with Crippen LogP contribution >= 0.6 is 11.3 Å². The lowest BCUT2D eigenvalue weighted by atomic mass is 10.2. The molecule has 3 heterocycles. The molecule has 2 N–H and O–H groups in total. The van der Waals surface area contributed by atoms with Gasteiger partial charge in [-0.05, 0) is 30.3 Å². The highest BCUT2D eigenvalue weighted by Crippen LogP contribution is 2.34. The van der Waals surface area contributed by atoms with Gasteiger partial charge in [-0.15, -0.1) is 0 Å². The lowest BCUT2D eigenvalue weighted by Crippen LogP contribution is -2.47. The number of nitrogens with one attached hydrogen (secondary N) is 1. The second-order valence-corrected chi connectivity index (χ2v) is 7.90. The topological polar surface area (TPSA) is 90.3 Å². The molecule has 152 valence electrons. The first-order valence-corrected chi connectivity index (χ1v) is 10.3. The summed E-state index contributed by atoms with van der Waals surface area (Å²) >= 11 is 1.45. The molecule has 0 atom stereocenters. The van der Waals surface area contributed by atoms with Crippen LogP contribution in [0.2, 0.25) is 0 Å². The third kappa shape index (κ3) is 3.69. The molecule has 5 rings (SSSR count). The number of rotatable bonds is 4. The van der Waals surface area contributed by atoms with Gasteiger partial charge >= 0.3 is 0 Å². The van der Waals surface area contributed by atoms with Gasteiger partial charge in [-0.1, -0.05) is 11.3 Å². The second-order valence-electron chi connectivity index (χ2n) is 6.87. The highest BCUT2D eigenvalue weighted by atomic mass is 32.1. The summed E-state index contributed by atoms with van der Waals surface area (Å²) in [5.41, 5.74) is 2.25. The molecule has 0 spiro atoms. The van der Waals surface area contributed by atoms with E-state index in [-0.39, 0.29) is 5.75 Å². The fraction of sp³-hybridized carbons (Fsp3) is 0.200. The van der Waals surface area contributed by atoms with Crippen molar-refractivity contribution in [3.8, 4) is 5.75 Å². The fourth-order valence-electron chi connectivity index (χ4n) is 3.45. The number of benzene rings is 2. The largest absolute Gasteiger partial charge is 0.506 e. The van der Waals surface area contributed by atoms with Gasteiger partial charge in [0.05, 0.1) is 15.9 Å². The predicted octanol–water partition coefficient (Wildman–Crippen LogP) is 3.40. The minimum Gasteiger partial charge on any atom is -0.506 e. The van der Waals surface area contributed by atoms with E-state index in [0.717, 1.165) is 42.1 Å². The summed E-state index contributed by atoms with van der Waals surface area (Å²) in [7, 11) is 0. The maximum atomic E-state index is 13.5. The average Bonchev–Trinajstić information content (AvgIpc) is 3.18. The summed E-state index contributed by atoms with van der Waals surface area (Å²) in [4.78, 5) is 21.4. The molecule has 0 bridgehead atoms. The van der Waals surface area contributed by atoms with Crippen molar-refractivity contribution < 1.29 is 9.50 Å². The summed E-state index contributed by atoms with van der Waals surface area (Å²) in [6, 6.07) is 9.96. The Bertz CT molecular complexity index is 1180. The van der Waals surface area contributed by atoms with E-state index in [1.54, 1.807) is 0 Å². The highest BCUT2D eigenvalue weighted by Gasteiger charge is 2.20. The summed E-state index contributed by atoms with van der Waals surface area (Å²) in [6.07, 6.45) is 3.03. The fourth-order valence-corrected chi connectivity index (χ4v) is 4.31. The van der Waals surface area contributed by atoms with Gasteiger partial charge < -0.3 is 20.2 Å². The number of nitrogens with zero attached hydrogens (tertiary/aromatic N) is 6. The summed E-state index contributed by atoms with van der Waals surface area (Å²) in [5, 5.41) is 13.5. The Morgan fingerprint density at radius 2 is 1.73 bits per heavy atom. The van der Waals surface area contributed by atoms with E-state index in [1.807, 2.05) is 6.07 Å². The SMILES string of the molecule is Oc1ccc(F)cc1Nc1nc2cc(N3CCN(c4ncncn4)CC3)ccc2s1. The molecule has 4 aromatic rings. The van der Waals surface area contributed by atoms with Crippen LogP contribution in [-0.4, -0.2) is 51.2 Å². The molecule has 30 heavy (non-hydrogen) atoms. The zero-order valence-corrected chi connectivity index (χ0v) is 16.7. The van der Waals surface area contributed by atoms with Crippen LogP contribution in [-0.2, 0) is 0 Å². The monoisotopic (exact) mass is 423 g/mol. The molecule has 10 heteroatoms. The molecule has 2 aromatic heterocycles. The third-order valence-corrected chi connectivity index (χ3v) is 5.93. The minimum absolute atomic E-state index is 0.0209. The van der Waals surface area contributed by atoms with E-state index >= 15 is 0 Å². The van der Waals surface area contributed by atoms with Gasteiger partial charge in [-0.3, -0.25) is 0 Å². The molecular formula is C20H18FN7OS.